The third kappa shape index (κ3) is 36.2. The van der Waals surface area contributed by atoms with Crippen LogP contribution in [0.4, 0.5) is 0 Å². The van der Waals surface area contributed by atoms with E-state index >= 15 is 0 Å². The summed E-state index contributed by atoms with van der Waals surface area (Å²) in [6, 6.07) is -7.97. The van der Waals surface area contributed by atoms with Crippen molar-refractivity contribution in [3.63, 3.8) is 0 Å². The quantitative estimate of drug-likeness (QED) is 0.0269. The van der Waals surface area contributed by atoms with Crippen molar-refractivity contribution in [3.05, 3.63) is 35.9 Å². The summed E-state index contributed by atoms with van der Waals surface area (Å²) in [5.41, 5.74) is 28.1. The molecule has 0 bridgehead atoms. The minimum absolute atomic E-state index is 0.0231. The first kappa shape index (κ1) is 99.9. The highest BCUT2D eigenvalue weighted by atomic mass is 16.7. The SMILES string of the molecule is C[C@H](NC(=O)[C@H](CCC(N)=O)NC(=O)CN)C(=O)NCC(=O)N[C@@H](Cc1ccccc1)C(=O)N[C@@H](CC[C@H](CN)O[C@@H]1O[C@H](CO)[C@H](O)[C@H](O)[C@H]1O)C(=O)NCC(=O)N[C@@H](CCC(=O)O)C(=O)N[C@@H](CCC(N)=O)C(=O)NCC(=O)N1CCC[C@H]1C(=O)N[C@@H](CCCCN)C(=O)NCC(=O)N[C@@H](CCC(=O)O)C(=O)N[C@H](C(=O)O)[C@@H](C)O. The number of primary amides is 2. The number of hydrogen-bond donors (Lipinski definition) is 26. The van der Waals surface area contributed by atoms with Crippen molar-refractivity contribution < 1.29 is 141 Å². The van der Waals surface area contributed by atoms with Gasteiger partial charge in [-0.1, -0.05) is 30.3 Å². The molecule has 654 valence electrons. The van der Waals surface area contributed by atoms with E-state index in [9.17, 15) is 132 Å². The number of hydrogen-bond acceptors (Lipinski definition) is 29. The largest absolute Gasteiger partial charge is 0.481 e. The van der Waals surface area contributed by atoms with Crippen LogP contribution in [0.2, 0.25) is 0 Å². The van der Waals surface area contributed by atoms with Crippen molar-refractivity contribution in [3.8, 4) is 0 Å². The molecule has 0 spiro atoms. The van der Waals surface area contributed by atoms with Crippen molar-refractivity contribution in [1.29, 1.82) is 0 Å². The highest BCUT2D eigenvalue weighted by molar-refractivity contribution is 5.99. The summed E-state index contributed by atoms with van der Waals surface area (Å²) in [7, 11) is 0. The second-order valence-corrected chi connectivity index (χ2v) is 27.4. The number of nitrogens with two attached hydrogens (primary N) is 5. The van der Waals surface area contributed by atoms with Crippen LogP contribution in [-0.2, 0) is 107 Å². The molecule has 0 radical (unpaired) electrons. The Labute approximate surface area is 669 Å². The van der Waals surface area contributed by atoms with E-state index in [4.69, 9.17) is 38.1 Å². The van der Waals surface area contributed by atoms with Gasteiger partial charge in [-0.3, -0.25) is 86.3 Å². The molecule has 0 aromatic heterocycles. The lowest BCUT2D eigenvalue weighted by Crippen LogP contribution is -2.60. The Morgan fingerprint density at radius 2 is 0.957 bits per heavy atom. The maximum absolute atomic E-state index is 14.5. The van der Waals surface area contributed by atoms with E-state index in [0.717, 1.165) is 11.8 Å². The molecule has 1 aromatic carbocycles. The minimum atomic E-state index is -1.93. The molecular weight excluding hydrogens is 1560 g/mol. The molecule has 16 amide bonds. The fourth-order valence-electron chi connectivity index (χ4n) is 11.7. The number of aliphatic hydroxyl groups is 5. The van der Waals surface area contributed by atoms with Gasteiger partial charge in [-0.25, -0.2) is 4.79 Å². The van der Waals surface area contributed by atoms with Crippen molar-refractivity contribution in [2.45, 2.75) is 220 Å². The van der Waals surface area contributed by atoms with Crippen LogP contribution >= 0.6 is 0 Å². The van der Waals surface area contributed by atoms with E-state index in [1.807, 2.05) is 5.32 Å². The zero-order chi connectivity index (χ0) is 87.8. The first-order chi connectivity index (χ1) is 55.2. The molecule has 1 aromatic rings. The van der Waals surface area contributed by atoms with Crippen LogP contribution in [0, 0.1) is 0 Å². The summed E-state index contributed by atoms with van der Waals surface area (Å²) in [4.78, 5) is 250. The molecule has 0 aliphatic carbocycles. The summed E-state index contributed by atoms with van der Waals surface area (Å²) in [5.74, 6) is -20.8. The summed E-state index contributed by atoms with van der Waals surface area (Å²) < 4.78 is 11.3. The van der Waals surface area contributed by atoms with E-state index in [1.54, 1.807) is 30.3 Å². The maximum atomic E-state index is 14.5. The lowest BCUT2D eigenvalue weighted by molar-refractivity contribution is -0.310. The first-order valence-corrected chi connectivity index (χ1v) is 37.3. The molecular formula is C69H109N19O29. The lowest BCUT2D eigenvalue weighted by Gasteiger charge is -2.40. The van der Waals surface area contributed by atoms with Gasteiger partial charge in [0.25, 0.3) is 0 Å². The van der Waals surface area contributed by atoms with Crippen LogP contribution in [-0.4, -0.2) is 320 Å². The number of unbranched alkanes of at least 4 members (excludes halogenated alkanes) is 1. The number of nitrogens with one attached hydrogen (secondary N) is 13. The fraction of sp³-hybridized carbons (Fsp3) is 0.638. The van der Waals surface area contributed by atoms with E-state index in [1.165, 1.54) is 6.92 Å². The van der Waals surface area contributed by atoms with Gasteiger partial charge in [-0.05, 0) is 96.6 Å². The third-order valence-electron chi connectivity index (χ3n) is 18.1. The average Bonchev–Trinajstić information content (AvgIpc) is 1.26. The van der Waals surface area contributed by atoms with Crippen LogP contribution < -0.4 is 97.8 Å². The number of carboxylic acids is 3. The Balaban J connectivity index is 1.85. The van der Waals surface area contributed by atoms with Crippen LogP contribution in [0.5, 0.6) is 0 Å². The molecule has 117 heavy (non-hydrogen) atoms. The number of carbonyl (C=O) groups is 19. The molecule has 2 fully saturated rings. The van der Waals surface area contributed by atoms with Gasteiger partial charge in [-0.15, -0.1) is 0 Å². The van der Waals surface area contributed by atoms with E-state index in [-0.39, 0.29) is 64.5 Å². The van der Waals surface area contributed by atoms with Crippen molar-refractivity contribution >= 4 is 112 Å². The number of likely N-dealkylation sites (tertiary alicyclic amines) is 1. The van der Waals surface area contributed by atoms with Gasteiger partial charge < -0.3 is 153 Å². The van der Waals surface area contributed by atoms with Crippen molar-refractivity contribution in [2.75, 3.05) is 59.0 Å². The molecule has 0 saturated carbocycles. The Bertz CT molecular complexity index is 3600. The monoisotopic (exact) mass is 1670 g/mol. The van der Waals surface area contributed by atoms with E-state index in [2.05, 4.69) is 63.8 Å². The summed E-state index contributed by atoms with van der Waals surface area (Å²) >= 11 is 0. The van der Waals surface area contributed by atoms with E-state index < -0.39 is 307 Å². The first-order valence-electron chi connectivity index (χ1n) is 37.3. The Kier molecular flexibility index (Phi) is 44.1. The number of rotatable bonds is 54. The lowest BCUT2D eigenvalue weighted by atomic mass is 9.99. The van der Waals surface area contributed by atoms with Gasteiger partial charge in [0.15, 0.2) is 12.3 Å². The normalized spacial score (nSPS) is 19.1. The maximum Gasteiger partial charge on any atom is 0.328 e. The van der Waals surface area contributed by atoms with Crippen LogP contribution in [0.3, 0.4) is 0 Å². The number of nitrogens with zero attached hydrogens (tertiary/aromatic N) is 1. The molecule has 48 nitrogen and oxygen atoms in total. The molecule has 17 atom stereocenters. The molecule has 2 heterocycles. The summed E-state index contributed by atoms with van der Waals surface area (Å²) in [6.07, 6.45) is -16.6. The number of ether oxygens (including phenoxy) is 2. The summed E-state index contributed by atoms with van der Waals surface area (Å²) in [6.45, 7) is -3.09. The molecule has 31 N–H and O–H groups in total. The van der Waals surface area contributed by atoms with Gasteiger partial charge >= 0.3 is 17.9 Å². The van der Waals surface area contributed by atoms with Crippen LogP contribution in [0.1, 0.15) is 116 Å². The number of carboxylic acid groups (broad SMARTS) is 3. The molecule has 2 aliphatic rings. The Morgan fingerprint density at radius 3 is 1.44 bits per heavy atom. The zero-order valence-electron chi connectivity index (χ0n) is 64.4. The van der Waals surface area contributed by atoms with Gasteiger partial charge in [0.2, 0.25) is 94.5 Å². The topological polar surface area (TPSA) is 794 Å². The second kappa shape index (κ2) is 51.7. The van der Waals surface area contributed by atoms with Gasteiger partial charge in [0.1, 0.15) is 78.8 Å². The number of aliphatic carboxylic acids is 3. The van der Waals surface area contributed by atoms with Crippen LogP contribution in [0.25, 0.3) is 0 Å². The summed E-state index contributed by atoms with van der Waals surface area (Å²) in [5, 5.41) is 109. The predicted molar refractivity (Wildman–Crippen MR) is 399 cm³/mol. The second-order valence-electron chi connectivity index (χ2n) is 27.4. The van der Waals surface area contributed by atoms with Gasteiger partial charge in [0.05, 0.1) is 51.5 Å². The Morgan fingerprint density at radius 1 is 0.504 bits per heavy atom. The minimum Gasteiger partial charge on any atom is -0.481 e. The fourth-order valence-corrected chi connectivity index (χ4v) is 11.7. The third-order valence-corrected chi connectivity index (χ3v) is 18.1. The van der Waals surface area contributed by atoms with Gasteiger partial charge in [0, 0.05) is 45.2 Å². The molecule has 2 saturated heterocycles. The molecule has 0 unspecified atom stereocenters. The smallest absolute Gasteiger partial charge is 0.328 e. The van der Waals surface area contributed by atoms with Crippen molar-refractivity contribution in [2.24, 2.45) is 28.7 Å². The van der Waals surface area contributed by atoms with Crippen molar-refractivity contribution in [1.82, 2.24) is 74.0 Å². The highest BCUT2D eigenvalue weighted by Crippen LogP contribution is 2.25. The molecule has 48 heteroatoms. The number of benzene rings is 1. The number of aliphatic hydroxyl groups excluding tert-OH is 5. The standard InChI is InChI=1S/C69H109N19O29/c1-33(79-63(109)40(16-20-47(74)92)80-48(93)27-72)59(105)75-28-51(96)83-43(25-35-9-4-3-5-10-35)66(112)85-38(14-13-36(26-71)116-69-58(104)57(103)56(102)45(32-89)117-69)61(107)77-30-49(94)81-41(17-21-53(98)99)64(110)84-39(15-19-46(73)91)62(108)78-31-52(97)88-24-8-12-44(88)67(113)86-37(11-6-7-23-70)60(106)76-29-50(95)82-42(18-22-54(100)101)65(111)87-55(34(2)90)68(114)115/h3-5,9-10,33-34,36-45,55-58,69,89-90,102-104H,6-8,11-32,70-72H2,1-2H3,(H2,73,91)(H2,74,92)(H,75,105)(H,76,106)(H,77,107)(H,78,108)(H,79,109)(H,80,93)(H,81,94)(H,82,95)(H,83,96)(H,84,110)(H,85,112)(H,86,113)(H,87,111)(H,98,99)(H,100,101)(H,114,115)/t33-,34+,36+,37-,38-,39-,40-,41-,42-,43-,44-,45+,55-,56-,57-,58+,69+/m0/s1. The van der Waals surface area contributed by atoms with E-state index in [0.29, 0.717) is 12.0 Å². The molecule has 3 rings (SSSR count). The average molecular weight is 1670 g/mol. The number of carbonyl (C=O) groups excluding carboxylic acids is 16. The number of amides is 16. The Hall–Kier alpha value is -11.2. The highest BCUT2D eigenvalue weighted by Gasteiger charge is 2.45. The predicted octanol–water partition coefficient (Wildman–Crippen LogP) is -13.2. The van der Waals surface area contributed by atoms with Crippen LogP contribution in [0.15, 0.2) is 30.3 Å². The van der Waals surface area contributed by atoms with Gasteiger partial charge in [-0.2, -0.15) is 0 Å². The molecule has 2 aliphatic heterocycles. The zero-order valence-corrected chi connectivity index (χ0v) is 64.4.